The van der Waals surface area contributed by atoms with Crippen molar-refractivity contribution in [1.82, 2.24) is 9.38 Å². The van der Waals surface area contributed by atoms with E-state index in [9.17, 15) is 17.6 Å². The number of pyridine rings is 1. The fourth-order valence-corrected chi connectivity index (χ4v) is 1.97. The van der Waals surface area contributed by atoms with Gasteiger partial charge in [-0.15, -0.1) is 0 Å². The zero-order chi connectivity index (χ0) is 14.3. The summed E-state index contributed by atoms with van der Waals surface area (Å²) in [5, 5.41) is 0. The van der Waals surface area contributed by atoms with Crippen LogP contribution in [0.5, 0.6) is 0 Å². The van der Waals surface area contributed by atoms with E-state index in [0.717, 1.165) is 12.1 Å². The molecule has 102 valence electrons. The molecule has 1 aromatic carbocycles. The summed E-state index contributed by atoms with van der Waals surface area (Å²) in [5.74, 6) is -0.522. The Labute approximate surface area is 111 Å². The first kappa shape index (κ1) is 12.7. The molecule has 20 heavy (non-hydrogen) atoms. The molecule has 0 atom stereocenters. The number of rotatable bonds is 1. The molecular formula is C14H8F4N2. The minimum atomic E-state index is -4.42. The average Bonchev–Trinajstić information content (AvgIpc) is 2.83. The first-order chi connectivity index (χ1) is 9.45. The monoisotopic (exact) mass is 280 g/mol. The number of fused-ring (bicyclic) bond motifs is 1. The Kier molecular flexibility index (Phi) is 2.74. The molecule has 3 rings (SSSR count). The number of nitrogens with zero attached hydrogens (tertiary/aromatic N) is 2. The topological polar surface area (TPSA) is 17.3 Å². The molecule has 2 heterocycles. The summed E-state index contributed by atoms with van der Waals surface area (Å²) in [6.07, 6.45) is -1.34. The lowest BCUT2D eigenvalue weighted by Crippen LogP contribution is -2.04. The second kappa shape index (κ2) is 4.33. The molecule has 0 spiro atoms. The molecular weight excluding hydrogens is 272 g/mol. The highest BCUT2D eigenvalue weighted by Crippen LogP contribution is 2.32. The highest BCUT2D eigenvalue weighted by Gasteiger charge is 2.30. The maximum Gasteiger partial charge on any atom is 0.416 e. The van der Waals surface area contributed by atoms with Gasteiger partial charge in [-0.05, 0) is 24.3 Å². The maximum absolute atomic E-state index is 13.5. The highest BCUT2D eigenvalue weighted by atomic mass is 19.4. The first-order valence-corrected chi connectivity index (χ1v) is 5.76. The van der Waals surface area contributed by atoms with Crippen molar-refractivity contribution in [3.05, 3.63) is 60.2 Å². The van der Waals surface area contributed by atoms with Crippen molar-refractivity contribution in [2.75, 3.05) is 0 Å². The smallest absolute Gasteiger partial charge is 0.304 e. The zero-order valence-corrected chi connectivity index (χ0v) is 10.0. The second-order valence-corrected chi connectivity index (χ2v) is 4.29. The summed E-state index contributed by atoms with van der Waals surface area (Å²) in [6.45, 7) is 0. The number of hydrogen-bond donors (Lipinski definition) is 0. The number of alkyl halides is 3. The summed E-state index contributed by atoms with van der Waals surface area (Å²) >= 11 is 0. The van der Waals surface area contributed by atoms with Crippen LogP contribution in [0.3, 0.4) is 0 Å². The van der Waals surface area contributed by atoms with Crippen molar-refractivity contribution in [3.8, 4) is 11.3 Å². The largest absolute Gasteiger partial charge is 0.416 e. The van der Waals surface area contributed by atoms with Gasteiger partial charge in [-0.25, -0.2) is 9.37 Å². The summed E-state index contributed by atoms with van der Waals surface area (Å²) < 4.78 is 53.0. The summed E-state index contributed by atoms with van der Waals surface area (Å²) in [6, 6.07) is 7.55. The van der Waals surface area contributed by atoms with Crippen LogP contribution in [-0.2, 0) is 6.18 Å². The molecule has 0 aliphatic rings. The van der Waals surface area contributed by atoms with Gasteiger partial charge >= 0.3 is 6.18 Å². The van der Waals surface area contributed by atoms with Crippen molar-refractivity contribution < 1.29 is 17.6 Å². The van der Waals surface area contributed by atoms with Crippen LogP contribution >= 0.6 is 0 Å². The van der Waals surface area contributed by atoms with Crippen LogP contribution in [0, 0.1) is 5.82 Å². The van der Waals surface area contributed by atoms with Crippen molar-refractivity contribution in [2.45, 2.75) is 6.18 Å². The van der Waals surface area contributed by atoms with Gasteiger partial charge in [0.15, 0.2) is 11.5 Å². The Morgan fingerprint density at radius 1 is 1.05 bits per heavy atom. The van der Waals surface area contributed by atoms with E-state index in [1.54, 1.807) is 6.20 Å². The van der Waals surface area contributed by atoms with Gasteiger partial charge in [0, 0.05) is 18.0 Å². The Morgan fingerprint density at radius 3 is 2.55 bits per heavy atom. The number of aromatic nitrogens is 2. The van der Waals surface area contributed by atoms with Gasteiger partial charge in [-0.3, -0.25) is 0 Å². The normalized spacial score (nSPS) is 12.0. The molecule has 0 unspecified atom stereocenters. The van der Waals surface area contributed by atoms with Crippen LogP contribution in [0.25, 0.3) is 16.9 Å². The number of halogens is 4. The lowest BCUT2D eigenvalue weighted by Gasteiger charge is -2.07. The predicted molar refractivity (Wildman–Crippen MR) is 65.6 cm³/mol. The number of hydrogen-bond acceptors (Lipinski definition) is 1. The van der Waals surface area contributed by atoms with E-state index >= 15 is 0 Å². The summed E-state index contributed by atoms with van der Waals surface area (Å²) in [5.41, 5.74) is -0.0865. The minimum Gasteiger partial charge on any atom is -0.304 e. The van der Waals surface area contributed by atoms with E-state index in [1.807, 2.05) is 0 Å². The van der Waals surface area contributed by atoms with Gasteiger partial charge in [-0.2, -0.15) is 13.2 Å². The van der Waals surface area contributed by atoms with Gasteiger partial charge in [0.2, 0.25) is 0 Å². The molecule has 0 bridgehead atoms. The van der Waals surface area contributed by atoms with Crippen molar-refractivity contribution >= 4 is 5.65 Å². The lowest BCUT2D eigenvalue weighted by atomic mass is 10.1. The molecule has 2 aromatic heterocycles. The van der Waals surface area contributed by atoms with Crippen molar-refractivity contribution in [1.29, 1.82) is 0 Å². The van der Waals surface area contributed by atoms with Gasteiger partial charge in [0.1, 0.15) is 0 Å². The Morgan fingerprint density at radius 2 is 1.85 bits per heavy atom. The first-order valence-electron chi connectivity index (χ1n) is 5.76. The van der Waals surface area contributed by atoms with Crippen molar-refractivity contribution in [2.24, 2.45) is 0 Å². The minimum absolute atomic E-state index is 0.0833. The summed E-state index contributed by atoms with van der Waals surface area (Å²) in [4.78, 5) is 4.03. The van der Waals surface area contributed by atoms with E-state index in [-0.39, 0.29) is 5.65 Å². The van der Waals surface area contributed by atoms with E-state index in [0.29, 0.717) is 11.3 Å². The molecule has 0 radical (unpaired) electrons. The predicted octanol–water partition coefficient (Wildman–Crippen LogP) is 4.16. The number of benzene rings is 1. The molecule has 0 N–H and O–H groups in total. The van der Waals surface area contributed by atoms with Gasteiger partial charge in [0.25, 0.3) is 0 Å². The quantitative estimate of drug-likeness (QED) is 0.612. The van der Waals surface area contributed by atoms with E-state index < -0.39 is 17.6 Å². The van der Waals surface area contributed by atoms with Crippen LogP contribution in [0.2, 0.25) is 0 Å². The standard InChI is InChI=1S/C14H8F4N2/c15-11-5-2-6-20-8-12(19-13(11)20)9-3-1-4-10(7-9)14(16,17)18/h1-8H. The molecule has 0 aliphatic carbocycles. The summed E-state index contributed by atoms with van der Waals surface area (Å²) in [7, 11) is 0. The molecule has 3 aromatic rings. The molecule has 0 saturated carbocycles. The fraction of sp³-hybridized carbons (Fsp3) is 0.0714. The van der Waals surface area contributed by atoms with E-state index in [1.165, 1.54) is 34.9 Å². The van der Waals surface area contributed by atoms with Crippen LogP contribution in [0.4, 0.5) is 17.6 Å². The van der Waals surface area contributed by atoms with E-state index in [4.69, 9.17) is 0 Å². The van der Waals surface area contributed by atoms with Crippen molar-refractivity contribution in [3.63, 3.8) is 0 Å². The number of imidazole rings is 1. The Balaban J connectivity index is 2.14. The third kappa shape index (κ3) is 2.13. The Hall–Kier alpha value is -2.37. The third-order valence-electron chi connectivity index (χ3n) is 2.92. The fourth-order valence-electron chi connectivity index (χ4n) is 1.97. The van der Waals surface area contributed by atoms with Crippen LogP contribution in [0.1, 0.15) is 5.56 Å². The molecule has 0 saturated heterocycles. The molecule has 0 fully saturated rings. The van der Waals surface area contributed by atoms with Gasteiger partial charge in [0.05, 0.1) is 11.3 Å². The average molecular weight is 280 g/mol. The van der Waals surface area contributed by atoms with Gasteiger partial charge in [-0.1, -0.05) is 12.1 Å². The SMILES string of the molecule is Fc1cccn2cc(-c3cccc(C(F)(F)F)c3)nc12. The molecule has 6 heteroatoms. The van der Waals surface area contributed by atoms with Crippen LogP contribution in [0.15, 0.2) is 48.8 Å². The van der Waals surface area contributed by atoms with Crippen LogP contribution < -0.4 is 0 Å². The zero-order valence-electron chi connectivity index (χ0n) is 10.0. The van der Waals surface area contributed by atoms with E-state index in [2.05, 4.69) is 4.98 Å². The molecule has 0 amide bonds. The highest BCUT2D eigenvalue weighted by molar-refractivity contribution is 5.63. The Bertz CT molecular complexity index is 774. The molecule has 0 aliphatic heterocycles. The molecule has 2 nitrogen and oxygen atoms in total. The third-order valence-corrected chi connectivity index (χ3v) is 2.92. The van der Waals surface area contributed by atoms with Gasteiger partial charge < -0.3 is 4.40 Å². The van der Waals surface area contributed by atoms with Crippen LogP contribution in [-0.4, -0.2) is 9.38 Å². The lowest BCUT2D eigenvalue weighted by molar-refractivity contribution is -0.137. The second-order valence-electron chi connectivity index (χ2n) is 4.29. The maximum atomic E-state index is 13.5.